The van der Waals surface area contributed by atoms with Crippen molar-refractivity contribution in [1.82, 2.24) is 14.9 Å². The first-order valence-corrected chi connectivity index (χ1v) is 9.70. The van der Waals surface area contributed by atoms with Crippen LogP contribution >= 0.6 is 0 Å². The number of ether oxygens (including phenoxy) is 1. The smallest absolute Gasteiger partial charge is 0.216 e. The minimum atomic E-state index is -0.406. The highest BCUT2D eigenvalue weighted by Crippen LogP contribution is 2.46. The van der Waals surface area contributed by atoms with Crippen LogP contribution < -0.4 is 10.5 Å². The summed E-state index contributed by atoms with van der Waals surface area (Å²) in [6.45, 7) is 4.28. The second kappa shape index (κ2) is 7.94. The molecule has 1 unspecified atom stereocenters. The lowest BCUT2D eigenvalue weighted by molar-refractivity contribution is -0.114. The maximum atomic E-state index is 11.2. The molecular weight excluding hydrogens is 378 g/mol. The van der Waals surface area contributed by atoms with Gasteiger partial charge in [0.15, 0.2) is 5.96 Å². The van der Waals surface area contributed by atoms with E-state index in [1.807, 2.05) is 30.3 Å². The van der Waals surface area contributed by atoms with E-state index in [4.69, 9.17) is 10.5 Å². The number of aromatic nitrogens is 2. The zero-order valence-corrected chi connectivity index (χ0v) is 17.1. The van der Waals surface area contributed by atoms with Gasteiger partial charge in [-0.25, -0.2) is 15.0 Å². The molecule has 7 nitrogen and oxygen atoms in total. The van der Waals surface area contributed by atoms with E-state index in [-0.39, 0.29) is 5.96 Å². The minimum Gasteiger partial charge on any atom is -0.457 e. The number of nitrogens with zero attached hydrogens (tertiary/aromatic N) is 4. The van der Waals surface area contributed by atoms with E-state index in [2.05, 4.69) is 34.9 Å². The Morgan fingerprint density at radius 1 is 1.10 bits per heavy atom. The summed E-state index contributed by atoms with van der Waals surface area (Å²) in [7, 11) is 1.58. The Balaban J connectivity index is 1.87. The number of nitrogens with two attached hydrogens (primary N) is 1. The molecule has 0 radical (unpaired) electrons. The molecule has 2 heterocycles. The van der Waals surface area contributed by atoms with Crippen LogP contribution in [0.25, 0.3) is 11.1 Å². The van der Waals surface area contributed by atoms with Crippen molar-refractivity contribution in [2.45, 2.75) is 25.8 Å². The van der Waals surface area contributed by atoms with Gasteiger partial charge in [0.25, 0.3) is 0 Å². The summed E-state index contributed by atoms with van der Waals surface area (Å²) < 4.78 is 6.23. The SMILES string of the molecule is CC(C)c1ccc2c(c1)Oc1ccc(-c3cncnc3)cc1C2N=C(N)N(C)C=O. The second-order valence-electron chi connectivity index (χ2n) is 7.54. The molecule has 1 aromatic heterocycles. The van der Waals surface area contributed by atoms with Gasteiger partial charge in [0.1, 0.15) is 23.9 Å². The van der Waals surface area contributed by atoms with Crippen molar-refractivity contribution in [2.24, 2.45) is 10.7 Å². The molecule has 30 heavy (non-hydrogen) atoms. The highest BCUT2D eigenvalue weighted by Gasteiger charge is 2.28. The third-order valence-corrected chi connectivity index (χ3v) is 5.20. The molecule has 1 aliphatic heterocycles. The second-order valence-corrected chi connectivity index (χ2v) is 7.54. The number of benzene rings is 2. The first-order valence-electron chi connectivity index (χ1n) is 9.70. The molecule has 2 N–H and O–H groups in total. The molecule has 2 aromatic carbocycles. The Labute approximate surface area is 175 Å². The molecule has 1 amide bonds. The average Bonchev–Trinajstić information content (AvgIpc) is 2.78. The molecule has 7 heteroatoms. The van der Waals surface area contributed by atoms with Crippen LogP contribution in [0.4, 0.5) is 0 Å². The maximum Gasteiger partial charge on any atom is 0.216 e. The topological polar surface area (TPSA) is 93.7 Å². The summed E-state index contributed by atoms with van der Waals surface area (Å²) in [6.07, 6.45) is 5.65. The molecule has 4 rings (SSSR count). The van der Waals surface area contributed by atoms with Crippen LogP contribution in [0.5, 0.6) is 11.5 Å². The number of hydrogen-bond donors (Lipinski definition) is 1. The summed E-state index contributed by atoms with van der Waals surface area (Å²) in [4.78, 5) is 25.3. The highest BCUT2D eigenvalue weighted by atomic mass is 16.5. The average molecular weight is 401 g/mol. The Morgan fingerprint density at radius 3 is 2.57 bits per heavy atom. The largest absolute Gasteiger partial charge is 0.457 e. The first-order chi connectivity index (χ1) is 14.5. The van der Waals surface area contributed by atoms with Crippen molar-refractivity contribution in [3.8, 4) is 22.6 Å². The lowest BCUT2D eigenvalue weighted by Crippen LogP contribution is -2.33. The summed E-state index contributed by atoms with van der Waals surface area (Å²) in [5.41, 5.74) is 10.9. The minimum absolute atomic E-state index is 0.134. The molecule has 0 saturated heterocycles. The van der Waals surface area contributed by atoms with Crippen LogP contribution in [0, 0.1) is 0 Å². The van der Waals surface area contributed by atoms with Gasteiger partial charge in [-0.1, -0.05) is 32.0 Å². The Morgan fingerprint density at radius 2 is 1.87 bits per heavy atom. The van der Waals surface area contributed by atoms with E-state index in [1.54, 1.807) is 19.4 Å². The van der Waals surface area contributed by atoms with Gasteiger partial charge in [-0.3, -0.25) is 9.69 Å². The fourth-order valence-electron chi connectivity index (χ4n) is 3.41. The number of fused-ring (bicyclic) bond motifs is 2. The summed E-state index contributed by atoms with van der Waals surface area (Å²) in [5.74, 6) is 1.96. The van der Waals surface area contributed by atoms with Gasteiger partial charge >= 0.3 is 0 Å². The Kier molecular flexibility index (Phi) is 5.18. The maximum absolute atomic E-state index is 11.2. The number of rotatable bonds is 4. The normalized spacial score (nSPS) is 15.2. The van der Waals surface area contributed by atoms with Crippen LogP contribution in [-0.4, -0.2) is 34.3 Å². The molecular formula is C23H23N5O2. The first kappa shape index (κ1) is 19.6. The molecule has 0 fully saturated rings. The summed E-state index contributed by atoms with van der Waals surface area (Å²) in [6, 6.07) is 11.6. The summed E-state index contributed by atoms with van der Waals surface area (Å²) >= 11 is 0. The predicted molar refractivity (Wildman–Crippen MR) is 115 cm³/mol. The van der Waals surface area contributed by atoms with Gasteiger partial charge in [-0.2, -0.15) is 0 Å². The monoisotopic (exact) mass is 401 g/mol. The fraction of sp³-hybridized carbons (Fsp3) is 0.217. The standard InChI is InChI=1S/C23H23N5O2/c1-14(2)15-4-6-18-21(9-15)30-20-7-5-16(17-10-25-12-26-11-17)8-19(20)22(18)27-23(24)28(3)13-29/h4-14,22H,1-3H3,(H2,24,27). The Hall–Kier alpha value is -3.74. The number of guanidine groups is 1. The zero-order chi connectivity index (χ0) is 21.3. The van der Waals surface area contributed by atoms with Gasteiger partial charge in [0.2, 0.25) is 6.41 Å². The zero-order valence-electron chi connectivity index (χ0n) is 17.1. The molecule has 0 bridgehead atoms. The third-order valence-electron chi connectivity index (χ3n) is 5.20. The van der Waals surface area contributed by atoms with Crippen LogP contribution in [0.1, 0.15) is 42.5 Å². The number of aliphatic imine (C=N–C) groups is 1. The number of hydrogen-bond acceptors (Lipinski definition) is 5. The molecule has 0 aliphatic carbocycles. The van der Waals surface area contributed by atoms with Crippen molar-refractivity contribution < 1.29 is 9.53 Å². The van der Waals surface area contributed by atoms with Gasteiger partial charge in [0.05, 0.1) is 0 Å². The quantitative estimate of drug-likeness (QED) is 0.407. The van der Waals surface area contributed by atoms with E-state index in [0.717, 1.165) is 28.0 Å². The van der Waals surface area contributed by atoms with Crippen molar-refractivity contribution in [3.63, 3.8) is 0 Å². The molecule has 0 spiro atoms. The van der Waals surface area contributed by atoms with Crippen LogP contribution in [0.3, 0.4) is 0 Å². The van der Waals surface area contributed by atoms with Gasteiger partial charge < -0.3 is 10.5 Å². The lowest BCUT2D eigenvalue weighted by atomic mass is 9.90. The van der Waals surface area contributed by atoms with Crippen molar-refractivity contribution in [2.75, 3.05) is 7.05 Å². The van der Waals surface area contributed by atoms with Crippen molar-refractivity contribution in [3.05, 3.63) is 71.8 Å². The van der Waals surface area contributed by atoms with Gasteiger partial charge in [0, 0.05) is 36.1 Å². The highest BCUT2D eigenvalue weighted by molar-refractivity contribution is 5.87. The third kappa shape index (κ3) is 3.61. The van der Waals surface area contributed by atoms with E-state index in [0.29, 0.717) is 18.1 Å². The van der Waals surface area contributed by atoms with Gasteiger partial charge in [-0.05, 0) is 35.2 Å². The van der Waals surface area contributed by atoms with E-state index in [1.165, 1.54) is 16.8 Å². The van der Waals surface area contributed by atoms with Crippen LogP contribution in [0.2, 0.25) is 0 Å². The number of amides is 1. The predicted octanol–water partition coefficient (Wildman–Crippen LogP) is 3.87. The number of carbonyl (C=O) groups is 1. The van der Waals surface area contributed by atoms with Crippen molar-refractivity contribution in [1.29, 1.82) is 0 Å². The molecule has 1 atom stereocenters. The molecule has 0 saturated carbocycles. The van der Waals surface area contributed by atoms with Crippen molar-refractivity contribution >= 4 is 12.4 Å². The van der Waals surface area contributed by atoms with Gasteiger partial charge in [-0.15, -0.1) is 0 Å². The molecule has 1 aliphatic rings. The Bertz CT molecular complexity index is 1110. The van der Waals surface area contributed by atoms with E-state index < -0.39 is 6.04 Å². The van der Waals surface area contributed by atoms with E-state index in [9.17, 15) is 4.79 Å². The fourth-order valence-corrected chi connectivity index (χ4v) is 3.41. The van der Waals surface area contributed by atoms with Crippen LogP contribution in [0.15, 0.2) is 60.1 Å². The lowest BCUT2D eigenvalue weighted by Gasteiger charge is -2.28. The molecule has 152 valence electrons. The number of carbonyl (C=O) groups excluding carboxylic acids is 1. The summed E-state index contributed by atoms with van der Waals surface area (Å²) in [5, 5.41) is 0. The van der Waals surface area contributed by atoms with E-state index >= 15 is 0 Å². The van der Waals surface area contributed by atoms with Crippen LogP contribution in [-0.2, 0) is 4.79 Å². The molecule has 3 aromatic rings.